The first-order valence-corrected chi connectivity index (χ1v) is 8.71. The summed E-state index contributed by atoms with van der Waals surface area (Å²) < 4.78 is 9.70. The Morgan fingerprint density at radius 2 is 1.96 bits per heavy atom. The Bertz CT molecular complexity index is 1050. The van der Waals surface area contributed by atoms with E-state index in [0.29, 0.717) is 35.1 Å². The molecule has 0 atom stereocenters. The van der Waals surface area contributed by atoms with Crippen molar-refractivity contribution in [3.05, 3.63) is 55.3 Å². The average Bonchev–Trinajstić information content (AvgIpc) is 3.04. The Balaban J connectivity index is 2.00. The van der Waals surface area contributed by atoms with Gasteiger partial charge < -0.3 is 19.4 Å². The molecule has 0 saturated heterocycles. The highest BCUT2D eigenvalue weighted by Gasteiger charge is 2.17. The molecule has 3 rings (SSSR count). The maximum absolute atomic E-state index is 12.8. The highest BCUT2D eigenvalue weighted by Crippen LogP contribution is 2.26. The first-order valence-electron chi connectivity index (χ1n) is 8.71. The lowest BCUT2D eigenvalue weighted by molar-refractivity contribution is 0.0790. The zero-order valence-corrected chi connectivity index (χ0v) is 15.5. The molecule has 0 aliphatic carbocycles. The maximum atomic E-state index is 12.8. The van der Waals surface area contributed by atoms with E-state index in [4.69, 9.17) is 9.47 Å². The number of aromatic nitrogens is 3. The van der Waals surface area contributed by atoms with Crippen LogP contribution in [-0.4, -0.2) is 51.6 Å². The number of carbonyl (C=O) groups is 2. The first kappa shape index (κ1) is 19.1. The molecule has 3 aromatic rings. The molecule has 2 heterocycles. The fraction of sp³-hybridized carbons (Fsp3) is 0.200. The summed E-state index contributed by atoms with van der Waals surface area (Å²) in [5, 5.41) is 0.717. The van der Waals surface area contributed by atoms with Gasteiger partial charge in [-0.05, 0) is 25.1 Å². The minimum absolute atomic E-state index is 0.122. The van der Waals surface area contributed by atoms with Gasteiger partial charge in [-0.15, -0.1) is 13.2 Å². The van der Waals surface area contributed by atoms with Gasteiger partial charge in [-0.2, -0.15) is 4.98 Å². The molecular formula is C20H20N4O4. The van der Waals surface area contributed by atoms with Crippen molar-refractivity contribution in [2.45, 2.75) is 6.92 Å². The molecule has 0 saturated carbocycles. The number of benzene rings is 1. The summed E-state index contributed by atoms with van der Waals surface area (Å²) in [4.78, 5) is 37.4. The van der Waals surface area contributed by atoms with E-state index in [-0.39, 0.29) is 18.5 Å². The van der Waals surface area contributed by atoms with Gasteiger partial charge in [-0.1, -0.05) is 12.2 Å². The van der Waals surface area contributed by atoms with Gasteiger partial charge in [-0.25, -0.2) is 9.78 Å². The molecule has 0 bridgehead atoms. The lowest BCUT2D eigenvalue weighted by atomic mass is 10.1. The number of H-pyrrole nitrogens is 1. The molecule has 0 radical (unpaired) electrons. The molecule has 1 N–H and O–H groups in total. The number of ether oxygens (including phenoxy) is 2. The Labute approximate surface area is 161 Å². The Morgan fingerprint density at radius 3 is 2.64 bits per heavy atom. The summed E-state index contributed by atoms with van der Waals surface area (Å²) in [6, 6.07) is 5.17. The lowest BCUT2D eigenvalue weighted by Crippen LogP contribution is -2.31. The van der Waals surface area contributed by atoms with Crippen LogP contribution in [0.15, 0.2) is 49.7 Å². The molecule has 1 amide bonds. The molecule has 0 aliphatic rings. The number of nitrogens with one attached hydrogen (secondary N) is 1. The molecule has 0 spiro atoms. The molecule has 144 valence electrons. The smallest absolute Gasteiger partial charge is 0.434 e. The van der Waals surface area contributed by atoms with Crippen LogP contribution in [0.2, 0.25) is 0 Å². The van der Waals surface area contributed by atoms with E-state index in [0.717, 1.165) is 5.52 Å². The summed E-state index contributed by atoms with van der Waals surface area (Å²) in [7, 11) is 0. The second-order valence-corrected chi connectivity index (χ2v) is 5.87. The molecule has 28 heavy (non-hydrogen) atoms. The van der Waals surface area contributed by atoms with Crippen LogP contribution in [0.4, 0.5) is 4.79 Å². The van der Waals surface area contributed by atoms with Gasteiger partial charge >= 0.3 is 12.2 Å². The van der Waals surface area contributed by atoms with Gasteiger partial charge in [0, 0.05) is 29.6 Å². The van der Waals surface area contributed by atoms with Gasteiger partial charge in [0.05, 0.1) is 18.3 Å². The SMILES string of the molecule is C=CCN(CC=C)C(=O)c1ccc2[nH]c3cnc(OC(=O)OCC)nc3c2c1. The summed E-state index contributed by atoms with van der Waals surface area (Å²) in [5.41, 5.74) is 2.49. The normalized spacial score (nSPS) is 10.6. The quantitative estimate of drug-likeness (QED) is 0.498. The molecule has 1 aromatic carbocycles. The van der Waals surface area contributed by atoms with Crippen molar-refractivity contribution in [2.24, 2.45) is 0 Å². The van der Waals surface area contributed by atoms with Crippen LogP contribution in [0.1, 0.15) is 17.3 Å². The van der Waals surface area contributed by atoms with Crippen molar-refractivity contribution < 1.29 is 19.1 Å². The van der Waals surface area contributed by atoms with Crippen molar-refractivity contribution in [2.75, 3.05) is 19.7 Å². The van der Waals surface area contributed by atoms with Gasteiger partial charge in [0.2, 0.25) is 0 Å². The Hall–Kier alpha value is -3.68. The predicted octanol–water partition coefficient (Wildman–Crippen LogP) is 3.46. The van der Waals surface area contributed by atoms with Crippen LogP contribution in [-0.2, 0) is 4.74 Å². The topological polar surface area (TPSA) is 97.4 Å². The van der Waals surface area contributed by atoms with Crippen molar-refractivity contribution in [1.29, 1.82) is 0 Å². The van der Waals surface area contributed by atoms with E-state index >= 15 is 0 Å². The molecule has 8 heteroatoms. The van der Waals surface area contributed by atoms with Crippen molar-refractivity contribution in [1.82, 2.24) is 19.9 Å². The third-order valence-corrected chi connectivity index (χ3v) is 3.98. The lowest BCUT2D eigenvalue weighted by Gasteiger charge is -2.19. The van der Waals surface area contributed by atoms with Crippen LogP contribution >= 0.6 is 0 Å². The fourth-order valence-electron chi connectivity index (χ4n) is 2.80. The van der Waals surface area contributed by atoms with Crippen molar-refractivity contribution >= 4 is 34.0 Å². The van der Waals surface area contributed by atoms with E-state index in [2.05, 4.69) is 28.1 Å². The second-order valence-electron chi connectivity index (χ2n) is 5.87. The van der Waals surface area contributed by atoms with Gasteiger partial charge in [-0.3, -0.25) is 4.79 Å². The van der Waals surface area contributed by atoms with E-state index in [1.807, 2.05) is 0 Å². The standard InChI is InChI=1S/C20H20N4O4/c1-4-9-24(10-5-2)18(25)13-7-8-15-14(11-13)17-16(22-15)12-21-19(23-17)28-20(26)27-6-3/h4-5,7-8,11-12,22H,1-2,6,9-10H2,3H3. The third kappa shape index (κ3) is 3.85. The van der Waals surface area contributed by atoms with E-state index in [1.165, 1.54) is 6.20 Å². The van der Waals surface area contributed by atoms with E-state index < -0.39 is 6.16 Å². The van der Waals surface area contributed by atoms with E-state index in [9.17, 15) is 9.59 Å². The minimum Gasteiger partial charge on any atom is -0.434 e. The van der Waals surface area contributed by atoms with Crippen LogP contribution in [0.5, 0.6) is 6.01 Å². The number of aromatic amines is 1. The predicted molar refractivity (Wildman–Crippen MR) is 105 cm³/mol. The number of hydrogen-bond acceptors (Lipinski definition) is 6. The minimum atomic E-state index is -0.873. The Morgan fingerprint density at radius 1 is 1.21 bits per heavy atom. The second kappa shape index (κ2) is 8.34. The zero-order chi connectivity index (χ0) is 20.1. The summed E-state index contributed by atoms with van der Waals surface area (Å²) in [5.74, 6) is -0.145. The van der Waals surface area contributed by atoms with Crippen LogP contribution in [0, 0.1) is 0 Å². The monoisotopic (exact) mass is 380 g/mol. The largest absolute Gasteiger partial charge is 0.516 e. The van der Waals surface area contributed by atoms with E-state index in [1.54, 1.807) is 42.2 Å². The maximum Gasteiger partial charge on any atom is 0.516 e. The van der Waals surface area contributed by atoms with Gasteiger partial charge in [0.25, 0.3) is 5.91 Å². The summed E-state index contributed by atoms with van der Waals surface area (Å²) in [6.45, 7) is 10.1. The average molecular weight is 380 g/mol. The number of rotatable bonds is 7. The number of hydrogen-bond donors (Lipinski definition) is 1. The van der Waals surface area contributed by atoms with Crippen LogP contribution in [0.25, 0.3) is 21.9 Å². The highest BCUT2D eigenvalue weighted by molar-refractivity contribution is 6.08. The summed E-state index contributed by atoms with van der Waals surface area (Å²) in [6.07, 6.45) is 3.97. The Kier molecular flexibility index (Phi) is 5.69. The molecule has 0 fully saturated rings. The number of amides is 1. The highest BCUT2D eigenvalue weighted by atomic mass is 16.7. The molecule has 0 aliphatic heterocycles. The fourth-order valence-corrected chi connectivity index (χ4v) is 2.80. The van der Waals surface area contributed by atoms with Crippen molar-refractivity contribution in [3.63, 3.8) is 0 Å². The number of fused-ring (bicyclic) bond motifs is 3. The molecular weight excluding hydrogens is 360 g/mol. The summed E-state index contributed by atoms with van der Waals surface area (Å²) >= 11 is 0. The van der Waals surface area contributed by atoms with Gasteiger partial charge in [0.1, 0.15) is 5.52 Å². The first-order chi connectivity index (χ1) is 13.6. The zero-order valence-electron chi connectivity index (χ0n) is 15.5. The number of carbonyl (C=O) groups excluding carboxylic acids is 2. The molecule has 2 aromatic heterocycles. The van der Waals surface area contributed by atoms with Crippen LogP contribution < -0.4 is 4.74 Å². The third-order valence-electron chi connectivity index (χ3n) is 3.98. The van der Waals surface area contributed by atoms with Crippen molar-refractivity contribution in [3.8, 4) is 6.01 Å². The molecule has 0 unspecified atom stereocenters. The molecule has 8 nitrogen and oxygen atoms in total. The number of nitrogens with zero attached hydrogens (tertiary/aromatic N) is 3. The van der Waals surface area contributed by atoms with Gasteiger partial charge in [0.15, 0.2) is 0 Å². The van der Waals surface area contributed by atoms with Crippen LogP contribution in [0.3, 0.4) is 0 Å².